The second kappa shape index (κ2) is 3.14. The van der Waals surface area contributed by atoms with E-state index in [1.165, 1.54) is 0 Å². The molecule has 0 aromatic carbocycles. The summed E-state index contributed by atoms with van der Waals surface area (Å²) in [6, 6.07) is 2.25. The molecule has 0 saturated heterocycles. The smallest absolute Gasteiger partial charge is 0.0984 e. The van der Waals surface area contributed by atoms with Gasteiger partial charge >= 0.3 is 0 Å². The topological polar surface area (TPSA) is 38.0 Å². The summed E-state index contributed by atoms with van der Waals surface area (Å²) in [5.74, 6) is 0.481. The summed E-state index contributed by atoms with van der Waals surface area (Å²) < 4.78 is 1.91. The van der Waals surface area contributed by atoms with Crippen LogP contribution in [0.1, 0.15) is 44.5 Å². The van der Waals surface area contributed by atoms with Gasteiger partial charge in [-0.3, -0.25) is 4.68 Å². The standard InChI is InChI=1S/C10H16N2O/c1-7(2)12-9(5-6-11-12)10(13)8-3-4-8/h5-8,10,13H,3-4H2,1-2H3. The van der Waals surface area contributed by atoms with Gasteiger partial charge in [0.05, 0.1) is 11.8 Å². The first-order valence-electron chi connectivity index (χ1n) is 4.91. The predicted molar refractivity (Wildman–Crippen MR) is 50.3 cm³/mol. The second-order valence-electron chi connectivity index (χ2n) is 4.08. The summed E-state index contributed by atoms with van der Waals surface area (Å²) in [7, 11) is 0. The maximum atomic E-state index is 9.92. The molecule has 0 amide bonds. The first kappa shape index (κ1) is 8.75. The number of aliphatic hydroxyl groups excluding tert-OH is 1. The van der Waals surface area contributed by atoms with E-state index in [1.807, 2.05) is 10.7 Å². The Morgan fingerprint density at radius 2 is 2.23 bits per heavy atom. The molecule has 3 nitrogen and oxygen atoms in total. The van der Waals surface area contributed by atoms with Gasteiger partial charge in [0, 0.05) is 12.2 Å². The Morgan fingerprint density at radius 1 is 1.54 bits per heavy atom. The Bertz CT molecular complexity index is 289. The van der Waals surface area contributed by atoms with Gasteiger partial charge in [-0.15, -0.1) is 0 Å². The number of rotatable bonds is 3. The van der Waals surface area contributed by atoms with E-state index in [2.05, 4.69) is 18.9 Å². The van der Waals surface area contributed by atoms with Crippen LogP contribution >= 0.6 is 0 Å². The van der Waals surface area contributed by atoms with Crippen LogP contribution in [-0.2, 0) is 0 Å². The van der Waals surface area contributed by atoms with Gasteiger partial charge in [0.2, 0.25) is 0 Å². The summed E-state index contributed by atoms with van der Waals surface area (Å²) in [4.78, 5) is 0. The Labute approximate surface area is 78.4 Å². The third-order valence-electron chi connectivity index (χ3n) is 2.56. The molecule has 1 saturated carbocycles. The minimum absolute atomic E-state index is 0.301. The minimum Gasteiger partial charge on any atom is -0.387 e. The molecule has 1 aromatic rings. The van der Waals surface area contributed by atoms with Crippen molar-refractivity contribution in [2.45, 2.75) is 38.8 Å². The highest BCUT2D eigenvalue weighted by atomic mass is 16.3. The maximum absolute atomic E-state index is 9.92. The molecule has 1 N–H and O–H groups in total. The van der Waals surface area contributed by atoms with Gasteiger partial charge in [-0.25, -0.2) is 0 Å². The van der Waals surface area contributed by atoms with Crippen LogP contribution in [-0.4, -0.2) is 14.9 Å². The van der Waals surface area contributed by atoms with Crippen LogP contribution in [0.5, 0.6) is 0 Å². The van der Waals surface area contributed by atoms with E-state index in [1.54, 1.807) is 6.20 Å². The number of nitrogens with zero attached hydrogens (tertiary/aromatic N) is 2. The Kier molecular flexibility index (Phi) is 2.12. The third-order valence-corrected chi connectivity index (χ3v) is 2.56. The van der Waals surface area contributed by atoms with E-state index in [9.17, 15) is 5.11 Å². The fourth-order valence-electron chi connectivity index (χ4n) is 1.64. The SMILES string of the molecule is CC(C)n1nccc1C(O)C1CC1. The molecule has 3 heteroatoms. The number of aliphatic hydroxyl groups is 1. The summed E-state index contributed by atoms with van der Waals surface area (Å²) in [5, 5.41) is 14.1. The molecule has 0 radical (unpaired) electrons. The normalized spacial score (nSPS) is 19.4. The lowest BCUT2D eigenvalue weighted by Gasteiger charge is -2.15. The number of hydrogen-bond acceptors (Lipinski definition) is 2. The Morgan fingerprint density at radius 3 is 2.77 bits per heavy atom. The maximum Gasteiger partial charge on any atom is 0.0984 e. The van der Waals surface area contributed by atoms with Gasteiger partial charge in [0.1, 0.15) is 0 Å². The first-order chi connectivity index (χ1) is 6.20. The van der Waals surface area contributed by atoms with E-state index in [0.717, 1.165) is 18.5 Å². The summed E-state index contributed by atoms with van der Waals surface area (Å²) >= 11 is 0. The molecule has 0 bridgehead atoms. The van der Waals surface area contributed by atoms with Gasteiger partial charge < -0.3 is 5.11 Å². The van der Waals surface area contributed by atoms with Gasteiger partial charge in [-0.2, -0.15) is 5.10 Å². The zero-order valence-corrected chi connectivity index (χ0v) is 8.14. The van der Waals surface area contributed by atoms with E-state index in [0.29, 0.717) is 12.0 Å². The zero-order chi connectivity index (χ0) is 9.42. The lowest BCUT2D eigenvalue weighted by atomic mass is 10.1. The van der Waals surface area contributed by atoms with Crippen molar-refractivity contribution < 1.29 is 5.11 Å². The van der Waals surface area contributed by atoms with Crippen LogP contribution in [0.2, 0.25) is 0 Å². The zero-order valence-electron chi connectivity index (χ0n) is 8.14. The largest absolute Gasteiger partial charge is 0.387 e. The molecule has 72 valence electrons. The molecule has 0 spiro atoms. The van der Waals surface area contributed by atoms with Crippen LogP contribution < -0.4 is 0 Å². The highest BCUT2D eigenvalue weighted by Gasteiger charge is 2.32. The fraction of sp³-hybridized carbons (Fsp3) is 0.700. The van der Waals surface area contributed by atoms with Crippen molar-refractivity contribution in [1.29, 1.82) is 0 Å². The van der Waals surface area contributed by atoms with Gasteiger partial charge in [-0.1, -0.05) is 0 Å². The Balaban J connectivity index is 2.22. The monoisotopic (exact) mass is 180 g/mol. The second-order valence-corrected chi connectivity index (χ2v) is 4.08. The van der Waals surface area contributed by atoms with Crippen molar-refractivity contribution in [3.63, 3.8) is 0 Å². The molecule has 1 aliphatic carbocycles. The van der Waals surface area contributed by atoms with Crippen LogP contribution in [0.25, 0.3) is 0 Å². The summed E-state index contributed by atoms with van der Waals surface area (Å²) in [6.07, 6.45) is 3.78. The third kappa shape index (κ3) is 1.61. The average Bonchev–Trinajstić information content (AvgIpc) is 2.80. The Hall–Kier alpha value is -0.830. The minimum atomic E-state index is -0.301. The molecule has 1 atom stereocenters. The van der Waals surface area contributed by atoms with E-state index >= 15 is 0 Å². The van der Waals surface area contributed by atoms with Crippen LogP contribution in [0.15, 0.2) is 12.3 Å². The van der Waals surface area contributed by atoms with E-state index in [-0.39, 0.29) is 6.10 Å². The lowest BCUT2D eigenvalue weighted by molar-refractivity contribution is 0.141. The van der Waals surface area contributed by atoms with Crippen molar-refractivity contribution in [2.75, 3.05) is 0 Å². The molecular formula is C10H16N2O. The molecule has 0 aliphatic heterocycles. The number of hydrogen-bond donors (Lipinski definition) is 1. The van der Waals surface area contributed by atoms with Gasteiger partial charge in [-0.05, 0) is 38.7 Å². The van der Waals surface area contributed by atoms with Crippen molar-refractivity contribution in [3.05, 3.63) is 18.0 Å². The molecule has 1 aliphatic rings. The first-order valence-corrected chi connectivity index (χ1v) is 4.91. The van der Waals surface area contributed by atoms with Gasteiger partial charge in [0.25, 0.3) is 0 Å². The van der Waals surface area contributed by atoms with E-state index in [4.69, 9.17) is 0 Å². The molecule has 2 rings (SSSR count). The quantitative estimate of drug-likeness (QED) is 0.771. The lowest BCUT2D eigenvalue weighted by Crippen LogP contribution is -2.12. The summed E-state index contributed by atoms with van der Waals surface area (Å²) in [6.45, 7) is 4.16. The summed E-state index contributed by atoms with van der Waals surface area (Å²) in [5.41, 5.74) is 0.970. The van der Waals surface area contributed by atoms with Crippen LogP contribution in [0, 0.1) is 5.92 Å². The molecule has 1 unspecified atom stereocenters. The highest BCUT2D eigenvalue weighted by molar-refractivity contribution is 5.08. The van der Waals surface area contributed by atoms with Crippen molar-refractivity contribution >= 4 is 0 Å². The molecule has 1 aromatic heterocycles. The number of aromatic nitrogens is 2. The molecular weight excluding hydrogens is 164 g/mol. The van der Waals surface area contributed by atoms with Crippen molar-refractivity contribution in [1.82, 2.24) is 9.78 Å². The predicted octanol–water partition coefficient (Wildman–Crippen LogP) is 1.91. The fourth-order valence-corrected chi connectivity index (χ4v) is 1.64. The molecule has 13 heavy (non-hydrogen) atoms. The average molecular weight is 180 g/mol. The van der Waals surface area contributed by atoms with Crippen molar-refractivity contribution in [2.24, 2.45) is 5.92 Å². The molecule has 1 heterocycles. The van der Waals surface area contributed by atoms with Crippen LogP contribution in [0.3, 0.4) is 0 Å². The highest BCUT2D eigenvalue weighted by Crippen LogP contribution is 2.41. The van der Waals surface area contributed by atoms with Gasteiger partial charge in [0.15, 0.2) is 0 Å². The van der Waals surface area contributed by atoms with Crippen molar-refractivity contribution in [3.8, 4) is 0 Å². The van der Waals surface area contributed by atoms with Crippen LogP contribution in [0.4, 0.5) is 0 Å². The van der Waals surface area contributed by atoms with E-state index < -0.39 is 0 Å². The molecule has 1 fully saturated rings.